The van der Waals surface area contributed by atoms with Crippen molar-refractivity contribution in [3.8, 4) is 0 Å². The molecule has 0 saturated heterocycles. The third-order valence-corrected chi connectivity index (χ3v) is 2.79. The Labute approximate surface area is 78.5 Å². The maximum Gasteiger partial charge on any atom is 0.0947 e. The van der Waals surface area contributed by atoms with E-state index < -0.39 is 0 Å². The fourth-order valence-electron chi connectivity index (χ4n) is 1.79. The lowest BCUT2D eigenvalue weighted by molar-refractivity contribution is 0.132. The summed E-state index contributed by atoms with van der Waals surface area (Å²) in [7, 11) is 2.14. The van der Waals surface area contributed by atoms with Crippen LogP contribution < -0.4 is 5.73 Å². The van der Waals surface area contributed by atoms with Crippen molar-refractivity contribution < 1.29 is 4.42 Å². The molecule has 1 heterocycles. The van der Waals surface area contributed by atoms with Crippen LogP contribution in [0.5, 0.6) is 0 Å². The Hall–Kier alpha value is -0.800. The molecule has 0 aromatic carbocycles. The van der Waals surface area contributed by atoms with Gasteiger partial charge in [0.2, 0.25) is 0 Å². The molecule has 72 valence electrons. The van der Waals surface area contributed by atoms with Crippen molar-refractivity contribution in [1.82, 2.24) is 4.90 Å². The summed E-state index contributed by atoms with van der Waals surface area (Å²) in [5.74, 6) is 0. The molecular formula is C10H16N2O. The summed E-state index contributed by atoms with van der Waals surface area (Å²) in [6.45, 7) is 0.966. The SMILES string of the molecule is CN(Cc1ccoc1)C1CC(N)C1. The van der Waals surface area contributed by atoms with Crippen LogP contribution in [0.1, 0.15) is 18.4 Å². The van der Waals surface area contributed by atoms with Gasteiger partial charge in [-0.1, -0.05) is 0 Å². The van der Waals surface area contributed by atoms with Gasteiger partial charge in [-0.25, -0.2) is 0 Å². The molecule has 1 fully saturated rings. The third-order valence-electron chi connectivity index (χ3n) is 2.79. The van der Waals surface area contributed by atoms with E-state index in [0.717, 1.165) is 19.4 Å². The second-order valence-electron chi connectivity index (χ2n) is 3.93. The van der Waals surface area contributed by atoms with E-state index in [1.54, 1.807) is 12.5 Å². The van der Waals surface area contributed by atoms with E-state index in [2.05, 4.69) is 11.9 Å². The van der Waals surface area contributed by atoms with E-state index in [4.69, 9.17) is 10.2 Å². The average Bonchev–Trinajstić information content (AvgIpc) is 2.51. The predicted molar refractivity (Wildman–Crippen MR) is 51.2 cm³/mol. The number of nitrogens with two attached hydrogens (primary N) is 1. The summed E-state index contributed by atoms with van der Waals surface area (Å²) in [5, 5.41) is 0. The minimum Gasteiger partial charge on any atom is -0.472 e. The maximum absolute atomic E-state index is 5.73. The standard InChI is InChI=1S/C10H16N2O/c1-12(10-4-9(11)5-10)6-8-2-3-13-7-8/h2-3,7,9-10H,4-6,11H2,1H3. The summed E-state index contributed by atoms with van der Waals surface area (Å²) in [5.41, 5.74) is 6.97. The van der Waals surface area contributed by atoms with E-state index in [1.165, 1.54) is 5.56 Å². The van der Waals surface area contributed by atoms with E-state index >= 15 is 0 Å². The molecule has 1 saturated carbocycles. The van der Waals surface area contributed by atoms with Crippen LogP contribution in [0, 0.1) is 0 Å². The van der Waals surface area contributed by atoms with Gasteiger partial charge in [0.05, 0.1) is 12.5 Å². The first kappa shape index (κ1) is 8.78. The summed E-state index contributed by atoms with van der Waals surface area (Å²) < 4.78 is 5.02. The minimum atomic E-state index is 0.428. The molecule has 1 aromatic rings. The van der Waals surface area contributed by atoms with Gasteiger partial charge in [-0.2, -0.15) is 0 Å². The Bertz CT molecular complexity index is 252. The summed E-state index contributed by atoms with van der Waals surface area (Å²) in [6, 6.07) is 3.11. The number of nitrogens with zero attached hydrogens (tertiary/aromatic N) is 1. The summed E-state index contributed by atoms with van der Waals surface area (Å²) in [6.07, 6.45) is 5.79. The van der Waals surface area contributed by atoms with Crippen molar-refractivity contribution in [2.24, 2.45) is 5.73 Å². The zero-order valence-corrected chi connectivity index (χ0v) is 7.94. The van der Waals surface area contributed by atoms with Crippen LogP contribution in [0.3, 0.4) is 0 Å². The molecule has 0 aliphatic heterocycles. The van der Waals surface area contributed by atoms with E-state index in [-0.39, 0.29) is 0 Å². The van der Waals surface area contributed by atoms with Crippen molar-refractivity contribution >= 4 is 0 Å². The lowest BCUT2D eigenvalue weighted by Crippen LogP contribution is -2.48. The van der Waals surface area contributed by atoms with Crippen molar-refractivity contribution in [1.29, 1.82) is 0 Å². The van der Waals surface area contributed by atoms with E-state index in [1.807, 2.05) is 6.07 Å². The molecule has 0 radical (unpaired) electrons. The Morgan fingerprint density at radius 2 is 2.38 bits per heavy atom. The number of hydrogen-bond donors (Lipinski definition) is 1. The molecule has 0 amide bonds. The molecule has 3 nitrogen and oxygen atoms in total. The van der Waals surface area contributed by atoms with Crippen molar-refractivity contribution in [2.75, 3.05) is 7.05 Å². The molecule has 0 spiro atoms. The Morgan fingerprint density at radius 3 is 2.92 bits per heavy atom. The van der Waals surface area contributed by atoms with Gasteiger partial charge in [0.15, 0.2) is 0 Å². The molecule has 2 N–H and O–H groups in total. The Morgan fingerprint density at radius 1 is 1.62 bits per heavy atom. The summed E-state index contributed by atoms with van der Waals surface area (Å²) >= 11 is 0. The maximum atomic E-state index is 5.73. The zero-order valence-electron chi connectivity index (χ0n) is 7.94. The molecule has 1 aromatic heterocycles. The highest BCUT2D eigenvalue weighted by Gasteiger charge is 2.28. The first-order valence-corrected chi connectivity index (χ1v) is 4.72. The molecule has 0 unspecified atom stereocenters. The predicted octanol–water partition coefficient (Wildman–Crippen LogP) is 1.20. The molecule has 2 rings (SSSR count). The van der Waals surface area contributed by atoms with Crippen molar-refractivity contribution in [3.05, 3.63) is 24.2 Å². The Balaban J connectivity index is 1.82. The Kier molecular flexibility index (Phi) is 2.38. The lowest BCUT2D eigenvalue weighted by atomic mass is 9.86. The molecule has 0 bridgehead atoms. The van der Waals surface area contributed by atoms with Crippen LogP contribution in [0.2, 0.25) is 0 Å². The van der Waals surface area contributed by atoms with Crippen LogP contribution in [0.25, 0.3) is 0 Å². The first-order valence-electron chi connectivity index (χ1n) is 4.72. The van der Waals surface area contributed by atoms with Crippen LogP contribution in [0.15, 0.2) is 23.0 Å². The van der Waals surface area contributed by atoms with Gasteiger partial charge >= 0.3 is 0 Å². The molecule has 0 atom stereocenters. The first-order chi connectivity index (χ1) is 6.25. The molecule has 13 heavy (non-hydrogen) atoms. The van der Waals surface area contributed by atoms with Gasteiger partial charge in [-0.15, -0.1) is 0 Å². The van der Waals surface area contributed by atoms with Gasteiger partial charge < -0.3 is 10.2 Å². The molecular weight excluding hydrogens is 164 g/mol. The van der Waals surface area contributed by atoms with Crippen LogP contribution in [0.4, 0.5) is 0 Å². The fourth-order valence-corrected chi connectivity index (χ4v) is 1.79. The smallest absolute Gasteiger partial charge is 0.0947 e. The molecule has 1 aliphatic carbocycles. The van der Waals surface area contributed by atoms with Crippen molar-refractivity contribution in [2.45, 2.75) is 31.5 Å². The highest BCUT2D eigenvalue weighted by Crippen LogP contribution is 2.24. The third kappa shape index (κ3) is 1.92. The number of rotatable bonds is 3. The van der Waals surface area contributed by atoms with Gasteiger partial charge in [0.1, 0.15) is 0 Å². The number of furan rings is 1. The largest absolute Gasteiger partial charge is 0.472 e. The van der Waals surface area contributed by atoms with Gasteiger partial charge in [0.25, 0.3) is 0 Å². The van der Waals surface area contributed by atoms with Crippen LogP contribution in [-0.4, -0.2) is 24.0 Å². The highest BCUT2D eigenvalue weighted by atomic mass is 16.3. The topological polar surface area (TPSA) is 42.4 Å². The monoisotopic (exact) mass is 180 g/mol. The van der Waals surface area contributed by atoms with E-state index in [0.29, 0.717) is 12.1 Å². The van der Waals surface area contributed by atoms with Gasteiger partial charge in [-0.05, 0) is 26.0 Å². The lowest BCUT2D eigenvalue weighted by Gasteiger charge is -2.39. The number of hydrogen-bond acceptors (Lipinski definition) is 3. The summed E-state index contributed by atoms with van der Waals surface area (Å²) in [4.78, 5) is 2.34. The molecule has 1 aliphatic rings. The second kappa shape index (κ2) is 3.52. The molecule has 3 heteroatoms. The normalized spacial score (nSPS) is 27.6. The highest BCUT2D eigenvalue weighted by molar-refractivity contribution is 5.05. The van der Waals surface area contributed by atoms with Gasteiger partial charge in [-0.3, -0.25) is 4.90 Å². The second-order valence-corrected chi connectivity index (χ2v) is 3.93. The average molecular weight is 180 g/mol. The quantitative estimate of drug-likeness (QED) is 0.760. The van der Waals surface area contributed by atoms with Crippen LogP contribution in [-0.2, 0) is 6.54 Å². The fraction of sp³-hybridized carbons (Fsp3) is 0.600. The van der Waals surface area contributed by atoms with Gasteiger partial charge in [0, 0.05) is 24.2 Å². The van der Waals surface area contributed by atoms with E-state index in [9.17, 15) is 0 Å². The van der Waals surface area contributed by atoms with Crippen molar-refractivity contribution in [3.63, 3.8) is 0 Å². The minimum absolute atomic E-state index is 0.428. The van der Waals surface area contributed by atoms with Crippen LogP contribution >= 0.6 is 0 Å². The zero-order chi connectivity index (χ0) is 9.26.